The fraction of sp³-hybridized carbons (Fsp3) is 0.100. The van der Waals surface area contributed by atoms with E-state index in [9.17, 15) is 14.7 Å². The van der Waals surface area contributed by atoms with Crippen molar-refractivity contribution in [3.8, 4) is 16.9 Å². The van der Waals surface area contributed by atoms with Crippen LogP contribution in [0.1, 0.15) is 31.8 Å². The number of hydrogen-bond acceptors (Lipinski definition) is 3. The molecule has 0 aliphatic heterocycles. The minimum atomic E-state index is -0.142. The molecule has 0 unspecified atom stereocenters. The molecule has 23 heavy (non-hydrogen) atoms. The van der Waals surface area contributed by atoms with Gasteiger partial charge in [-0.3, -0.25) is 9.59 Å². The average Bonchev–Trinajstić information content (AvgIpc) is 2.56. The summed E-state index contributed by atoms with van der Waals surface area (Å²) in [5.41, 5.74) is 3.85. The zero-order valence-electron chi connectivity index (χ0n) is 13.0. The Bertz CT molecular complexity index is 922. The quantitative estimate of drug-likeness (QED) is 0.727. The molecule has 0 bridgehead atoms. The highest BCUT2D eigenvalue weighted by molar-refractivity contribution is 6.13. The first kappa shape index (κ1) is 15.0. The number of aryl methyl sites for hydroxylation is 2. The number of phenolic OH excluding ortho intramolecular Hbond substituents is 1. The molecule has 0 saturated carbocycles. The second-order valence-electron chi connectivity index (χ2n) is 5.70. The molecule has 0 fully saturated rings. The van der Waals surface area contributed by atoms with Crippen molar-refractivity contribution in [2.45, 2.75) is 13.8 Å². The van der Waals surface area contributed by atoms with E-state index in [1.54, 1.807) is 0 Å². The lowest BCUT2D eigenvalue weighted by Gasteiger charge is -2.15. The molecule has 0 aliphatic carbocycles. The van der Waals surface area contributed by atoms with Crippen LogP contribution in [-0.4, -0.2) is 17.7 Å². The number of benzene rings is 3. The lowest BCUT2D eigenvalue weighted by Crippen LogP contribution is -1.98. The van der Waals surface area contributed by atoms with Crippen molar-refractivity contribution in [2.24, 2.45) is 0 Å². The molecule has 0 heterocycles. The summed E-state index contributed by atoms with van der Waals surface area (Å²) in [4.78, 5) is 23.1. The normalized spacial score (nSPS) is 10.7. The maximum atomic E-state index is 11.6. The minimum absolute atomic E-state index is 0.0358. The Morgan fingerprint density at radius 1 is 0.783 bits per heavy atom. The number of aromatic hydroxyl groups is 1. The molecule has 1 N–H and O–H groups in total. The van der Waals surface area contributed by atoms with Crippen LogP contribution in [0.5, 0.6) is 5.75 Å². The SMILES string of the molecule is Cc1ccc(-c2c(C=O)c(C=O)c(O)c3cc(C)ccc23)cc1. The lowest BCUT2D eigenvalue weighted by molar-refractivity contribution is 0.109. The summed E-state index contributed by atoms with van der Waals surface area (Å²) in [5, 5.41) is 11.7. The summed E-state index contributed by atoms with van der Waals surface area (Å²) in [7, 11) is 0. The smallest absolute Gasteiger partial charge is 0.154 e. The number of fused-ring (bicyclic) bond motifs is 1. The zero-order valence-corrected chi connectivity index (χ0v) is 13.0. The van der Waals surface area contributed by atoms with E-state index in [4.69, 9.17) is 0 Å². The average molecular weight is 304 g/mol. The van der Waals surface area contributed by atoms with Gasteiger partial charge in [0.2, 0.25) is 0 Å². The number of carbonyl (C=O) groups excluding carboxylic acids is 2. The molecule has 3 heteroatoms. The Balaban J connectivity index is 2.52. The van der Waals surface area contributed by atoms with Gasteiger partial charge < -0.3 is 5.11 Å². The van der Waals surface area contributed by atoms with Crippen molar-refractivity contribution in [3.05, 3.63) is 64.7 Å². The molecule has 3 nitrogen and oxygen atoms in total. The molecule has 3 aromatic rings. The monoisotopic (exact) mass is 304 g/mol. The highest BCUT2D eigenvalue weighted by Crippen LogP contribution is 2.40. The summed E-state index contributed by atoms with van der Waals surface area (Å²) in [5.74, 6) is -0.142. The van der Waals surface area contributed by atoms with Crippen molar-refractivity contribution in [3.63, 3.8) is 0 Å². The third kappa shape index (κ3) is 2.40. The van der Waals surface area contributed by atoms with Gasteiger partial charge >= 0.3 is 0 Å². The van der Waals surface area contributed by atoms with E-state index in [0.717, 1.165) is 22.1 Å². The van der Waals surface area contributed by atoms with Crippen LogP contribution >= 0.6 is 0 Å². The fourth-order valence-electron chi connectivity index (χ4n) is 2.90. The molecule has 0 aromatic heterocycles. The number of phenols is 1. The van der Waals surface area contributed by atoms with Crippen LogP contribution in [0.25, 0.3) is 21.9 Å². The molecule has 114 valence electrons. The van der Waals surface area contributed by atoms with Crippen molar-refractivity contribution >= 4 is 23.3 Å². The Morgan fingerprint density at radius 3 is 2.00 bits per heavy atom. The van der Waals surface area contributed by atoms with Gasteiger partial charge in [-0.1, -0.05) is 47.5 Å². The van der Waals surface area contributed by atoms with Crippen LogP contribution < -0.4 is 0 Å². The topological polar surface area (TPSA) is 54.4 Å². The van der Waals surface area contributed by atoms with Crippen LogP contribution in [0.15, 0.2) is 42.5 Å². The predicted octanol–water partition coefficient (Wildman–Crippen LogP) is 4.45. The molecular formula is C20H16O3. The summed E-state index contributed by atoms with van der Waals surface area (Å²) >= 11 is 0. The highest BCUT2D eigenvalue weighted by Gasteiger charge is 2.19. The molecule has 0 spiro atoms. The molecule has 3 rings (SSSR count). The van der Waals surface area contributed by atoms with Gasteiger partial charge in [-0.05, 0) is 30.9 Å². The van der Waals surface area contributed by atoms with Crippen molar-refractivity contribution < 1.29 is 14.7 Å². The van der Waals surface area contributed by atoms with Gasteiger partial charge in [0.05, 0.1) is 5.56 Å². The number of hydrogen-bond donors (Lipinski definition) is 1. The van der Waals surface area contributed by atoms with E-state index in [1.165, 1.54) is 0 Å². The second-order valence-corrected chi connectivity index (χ2v) is 5.70. The van der Waals surface area contributed by atoms with Crippen LogP contribution in [0.3, 0.4) is 0 Å². The van der Waals surface area contributed by atoms with Gasteiger partial charge in [-0.15, -0.1) is 0 Å². The van der Waals surface area contributed by atoms with Crippen molar-refractivity contribution in [1.29, 1.82) is 0 Å². The molecule has 3 aromatic carbocycles. The second kappa shape index (κ2) is 5.69. The highest BCUT2D eigenvalue weighted by atomic mass is 16.3. The molecule has 0 atom stereocenters. The third-order valence-electron chi connectivity index (χ3n) is 4.09. The molecular weight excluding hydrogens is 288 g/mol. The van der Waals surface area contributed by atoms with E-state index < -0.39 is 0 Å². The maximum absolute atomic E-state index is 11.6. The van der Waals surface area contributed by atoms with E-state index in [1.807, 2.05) is 56.3 Å². The fourth-order valence-corrected chi connectivity index (χ4v) is 2.90. The number of carbonyl (C=O) groups is 2. The molecule has 0 radical (unpaired) electrons. The number of aldehydes is 2. The van der Waals surface area contributed by atoms with Crippen LogP contribution in [0.2, 0.25) is 0 Å². The van der Waals surface area contributed by atoms with Gasteiger partial charge in [0.25, 0.3) is 0 Å². The summed E-state index contributed by atoms with van der Waals surface area (Å²) in [6.45, 7) is 3.90. The molecule has 0 aliphatic rings. The van der Waals surface area contributed by atoms with Gasteiger partial charge in [-0.2, -0.15) is 0 Å². The number of rotatable bonds is 3. The minimum Gasteiger partial charge on any atom is -0.507 e. The summed E-state index contributed by atoms with van der Waals surface area (Å²) < 4.78 is 0. The van der Waals surface area contributed by atoms with E-state index in [0.29, 0.717) is 23.5 Å². The first-order chi connectivity index (χ1) is 11.1. The Labute approximate surface area is 134 Å². The van der Waals surface area contributed by atoms with Gasteiger partial charge in [0, 0.05) is 16.5 Å². The van der Waals surface area contributed by atoms with Crippen molar-refractivity contribution in [1.82, 2.24) is 0 Å². The lowest BCUT2D eigenvalue weighted by atomic mass is 9.89. The van der Waals surface area contributed by atoms with Gasteiger partial charge in [0.1, 0.15) is 5.75 Å². The Kier molecular flexibility index (Phi) is 3.70. The van der Waals surface area contributed by atoms with E-state index >= 15 is 0 Å². The van der Waals surface area contributed by atoms with Crippen LogP contribution in [0, 0.1) is 13.8 Å². The predicted molar refractivity (Wildman–Crippen MR) is 91.3 cm³/mol. The first-order valence-corrected chi connectivity index (χ1v) is 7.33. The molecule has 0 saturated heterocycles. The summed E-state index contributed by atoms with van der Waals surface area (Å²) in [6, 6.07) is 13.4. The van der Waals surface area contributed by atoms with Gasteiger partial charge in [-0.25, -0.2) is 0 Å². The van der Waals surface area contributed by atoms with E-state index in [-0.39, 0.29) is 16.9 Å². The maximum Gasteiger partial charge on any atom is 0.154 e. The van der Waals surface area contributed by atoms with Gasteiger partial charge in [0.15, 0.2) is 12.6 Å². The molecule has 0 amide bonds. The standard InChI is InChI=1S/C20H16O3/c1-12-3-6-14(7-4-12)19-15-8-5-13(2)9-16(15)20(23)18(11-22)17(19)10-21/h3-11,23H,1-2H3. The Hall–Kier alpha value is -2.94. The zero-order chi connectivity index (χ0) is 16.6. The summed E-state index contributed by atoms with van der Waals surface area (Å²) in [6.07, 6.45) is 1.18. The third-order valence-corrected chi connectivity index (χ3v) is 4.09. The van der Waals surface area contributed by atoms with Crippen LogP contribution in [0.4, 0.5) is 0 Å². The first-order valence-electron chi connectivity index (χ1n) is 7.33. The van der Waals surface area contributed by atoms with Crippen molar-refractivity contribution in [2.75, 3.05) is 0 Å². The van der Waals surface area contributed by atoms with Crippen LogP contribution in [-0.2, 0) is 0 Å². The Morgan fingerprint density at radius 2 is 1.39 bits per heavy atom. The largest absolute Gasteiger partial charge is 0.507 e. The van der Waals surface area contributed by atoms with E-state index in [2.05, 4.69) is 0 Å².